The summed E-state index contributed by atoms with van der Waals surface area (Å²) >= 11 is 18.0. The molecule has 6 nitrogen and oxygen atoms in total. The van der Waals surface area contributed by atoms with Gasteiger partial charge in [0, 0.05) is 23.8 Å². The summed E-state index contributed by atoms with van der Waals surface area (Å²) < 4.78 is 32.2. The number of benzene rings is 2. The molecule has 1 fully saturated rings. The zero-order chi connectivity index (χ0) is 19.6. The molecule has 2 aromatic rings. The van der Waals surface area contributed by atoms with Crippen molar-refractivity contribution in [3.63, 3.8) is 0 Å². The minimum absolute atomic E-state index is 0.0732. The Morgan fingerprint density at radius 2 is 1.70 bits per heavy atom. The molecule has 2 aromatic carbocycles. The van der Waals surface area contributed by atoms with E-state index in [4.69, 9.17) is 39.5 Å². The molecule has 144 valence electrons. The second kappa shape index (κ2) is 8.34. The molecule has 0 atom stereocenters. The van der Waals surface area contributed by atoms with E-state index in [-0.39, 0.29) is 39.3 Å². The molecule has 1 saturated heterocycles. The van der Waals surface area contributed by atoms with Crippen molar-refractivity contribution in [1.82, 2.24) is 4.31 Å². The first-order valence-electron chi connectivity index (χ1n) is 7.93. The molecule has 0 aromatic heterocycles. The molecule has 0 spiro atoms. The number of halogens is 3. The van der Waals surface area contributed by atoms with Crippen LogP contribution >= 0.6 is 34.8 Å². The Morgan fingerprint density at radius 3 is 2.37 bits per heavy atom. The van der Waals surface area contributed by atoms with Crippen molar-refractivity contribution in [2.75, 3.05) is 31.6 Å². The van der Waals surface area contributed by atoms with Crippen LogP contribution < -0.4 is 5.32 Å². The van der Waals surface area contributed by atoms with Crippen molar-refractivity contribution < 1.29 is 17.9 Å². The number of hydrogen-bond acceptors (Lipinski definition) is 4. The number of amides is 1. The van der Waals surface area contributed by atoms with E-state index in [0.717, 1.165) is 0 Å². The van der Waals surface area contributed by atoms with E-state index in [9.17, 15) is 13.2 Å². The van der Waals surface area contributed by atoms with Gasteiger partial charge in [-0.1, -0.05) is 34.8 Å². The predicted octanol–water partition coefficient (Wildman–Crippen LogP) is 3.92. The van der Waals surface area contributed by atoms with Crippen LogP contribution in [0.25, 0.3) is 0 Å². The molecule has 1 amide bonds. The van der Waals surface area contributed by atoms with Gasteiger partial charge >= 0.3 is 0 Å². The second-order valence-electron chi connectivity index (χ2n) is 5.74. The normalized spacial score (nSPS) is 15.5. The summed E-state index contributed by atoms with van der Waals surface area (Å²) in [5, 5.41) is 3.30. The van der Waals surface area contributed by atoms with Gasteiger partial charge in [-0.2, -0.15) is 4.31 Å². The maximum Gasteiger partial charge on any atom is 0.257 e. The number of ether oxygens (including phenoxy) is 1. The van der Waals surface area contributed by atoms with Crippen LogP contribution in [0.4, 0.5) is 5.69 Å². The summed E-state index contributed by atoms with van der Waals surface area (Å²) in [4.78, 5) is 12.4. The molecule has 1 N–H and O–H groups in total. The number of anilines is 1. The second-order valence-corrected chi connectivity index (χ2v) is 8.90. The first-order valence-corrected chi connectivity index (χ1v) is 10.5. The van der Waals surface area contributed by atoms with Gasteiger partial charge in [-0.15, -0.1) is 0 Å². The molecular formula is C17H15Cl3N2O4S. The quantitative estimate of drug-likeness (QED) is 0.767. The van der Waals surface area contributed by atoms with Crippen molar-refractivity contribution in [2.45, 2.75) is 4.90 Å². The van der Waals surface area contributed by atoms with E-state index in [0.29, 0.717) is 18.2 Å². The Morgan fingerprint density at radius 1 is 1.00 bits per heavy atom. The van der Waals surface area contributed by atoms with Gasteiger partial charge in [0.25, 0.3) is 5.91 Å². The number of carbonyl (C=O) groups is 1. The Balaban J connectivity index is 1.88. The van der Waals surface area contributed by atoms with E-state index < -0.39 is 15.9 Å². The Hall–Kier alpha value is -1.35. The van der Waals surface area contributed by atoms with Crippen LogP contribution in [0.3, 0.4) is 0 Å². The van der Waals surface area contributed by atoms with Crippen molar-refractivity contribution in [2.24, 2.45) is 0 Å². The van der Waals surface area contributed by atoms with E-state index in [1.807, 2.05) is 0 Å². The van der Waals surface area contributed by atoms with Gasteiger partial charge in [-0.25, -0.2) is 8.42 Å². The largest absolute Gasteiger partial charge is 0.379 e. The van der Waals surface area contributed by atoms with Crippen LogP contribution in [0.1, 0.15) is 10.4 Å². The monoisotopic (exact) mass is 448 g/mol. The van der Waals surface area contributed by atoms with Crippen molar-refractivity contribution in [3.8, 4) is 0 Å². The molecular weight excluding hydrogens is 435 g/mol. The summed E-state index contributed by atoms with van der Waals surface area (Å²) in [5.41, 5.74) is 0.496. The van der Waals surface area contributed by atoms with Crippen molar-refractivity contribution in [3.05, 3.63) is 57.0 Å². The third-order valence-corrected chi connectivity index (χ3v) is 6.88. The topological polar surface area (TPSA) is 75.7 Å². The van der Waals surface area contributed by atoms with Gasteiger partial charge in [0.2, 0.25) is 10.0 Å². The van der Waals surface area contributed by atoms with Gasteiger partial charge in [-0.05, 0) is 36.4 Å². The minimum atomic E-state index is -3.80. The molecule has 0 radical (unpaired) electrons. The number of nitrogens with zero attached hydrogens (tertiary/aromatic N) is 1. The lowest BCUT2D eigenvalue weighted by molar-refractivity contribution is 0.0730. The van der Waals surface area contributed by atoms with E-state index in [1.165, 1.54) is 34.6 Å². The highest BCUT2D eigenvalue weighted by atomic mass is 35.5. The SMILES string of the molecule is O=C(Nc1ccc(Cl)c(S(=O)(=O)N2CCOCC2)c1)c1ccc(Cl)cc1Cl. The highest BCUT2D eigenvalue weighted by molar-refractivity contribution is 7.89. The summed E-state index contributed by atoms with van der Waals surface area (Å²) in [6.45, 7) is 1.13. The molecule has 27 heavy (non-hydrogen) atoms. The third kappa shape index (κ3) is 4.56. The zero-order valence-electron chi connectivity index (χ0n) is 13.9. The lowest BCUT2D eigenvalue weighted by atomic mass is 10.2. The van der Waals surface area contributed by atoms with Crippen LogP contribution in [0.5, 0.6) is 0 Å². The number of morpholine rings is 1. The number of nitrogens with one attached hydrogen (secondary N) is 1. The molecule has 1 heterocycles. The smallest absolute Gasteiger partial charge is 0.257 e. The van der Waals surface area contributed by atoms with Crippen LogP contribution in [0.2, 0.25) is 15.1 Å². The van der Waals surface area contributed by atoms with Crippen molar-refractivity contribution in [1.29, 1.82) is 0 Å². The fraction of sp³-hybridized carbons (Fsp3) is 0.235. The Kier molecular flexibility index (Phi) is 6.30. The maximum absolute atomic E-state index is 12.8. The molecule has 0 unspecified atom stereocenters. The molecule has 0 bridgehead atoms. The minimum Gasteiger partial charge on any atom is -0.379 e. The summed E-state index contributed by atoms with van der Waals surface area (Å²) in [6, 6.07) is 8.75. The van der Waals surface area contributed by atoms with Crippen LogP contribution in [-0.4, -0.2) is 44.9 Å². The van der Waals surface area contributed by atoms with Gasteiger partial charge in [0.15, 0.2) is 0 Å². The first kappa shape index (κ1) is 20.4. The number of hydrogen-bond donors (Lipinski definition) is 1. The Bertz CT molecular complexity index is 976. The van der Waals surface area contributed by atoms with E-state index in [2.05, 4.69) is 5.32 Å². The Labute approximate surface area is 172 Å². The predicted molar refractivity (Wildman–Crippen MR) is 105 cm³/mol. The first-order chi connectivity index (χ1) is 12.8. The number of rotatable bonds is 4. The lowest BCUT2D eigenvalue weighted by Gasteiger charge is -2.26. The average molecular weight is 450 g/mol. The summed E-state index contributed by atoms with van der Waals surface area (Å²) in [6.07, 6.45) is 0. The fourth-order valence-electron chi connectivity index (χ4n) is 2.58. The van der Waals surface area contributed by atoms with E-state index >= 15 is 0 Å². The van der Waals surface area contributed by atoms with Gasteiger partial charge in [-0.3, -0.25) is 4.79 Å². The number of carbonyl (C=O) groups excluding carboxylic acids is 1. The lowest BCUT2D eigenvalue weighted by Crippen LogP contribution is -2.40. The molecule has 10 heteroatoms. The van der Waals surface area contributed by atoms with Gasteiger partial charge in [0.1, 0.15) is 4.90 Å². The average Bonchev–Trinajstić information content (AvgIpc) is 2.63. The standard InChI is InChI=1S/C17H15Cl3N2O4S/c18-11-1-3-13(15(20)9-11)17(23)21-12-2-4-14(19)16(10-12)27(24,25)22-5-7-26-8-6-22/h1-4,9-10H,5-8H2,(H,21,23). The van der Waals surface area contributed by atoms with Gasteiger partial charge in [0.05, 0.1) is 28.8 Å². The van der Waals surface area contributed by atoms with Crippen LogP contribution in [0.15, 0.2) is 41.3 Å². The number of sulfonamides is 1. The molecule has 0 saturated carbocycles. The van der Waals surface area contributed by atoms with Crippen LogP contribution in [0, 0.1) is 0 Å². The zero-order valence-corrected chi connectivity index (χ0v) is 17.0. The van der Waals surface area contributed by atoms with Crippen LogP contribution in [-0.2, 0) is 14.8 Å². The summed E-state index contributed by atoms with van der Waals surface area (Å²) in [7, 11) is -3.80. The highest BCUT2D eigenvalue weighted by Gasteiger charge is 2.28. The maximum atomic E-state index is 12.8. The van der Waals surface area contributed by atoms with Gasteiger partial charge < -0.3 is 10.1 Å². The molecule has 1 aliphatic rings. The third-order valence-electron chi connectivity index (χ3n) is 3.95. The molecule has 1 aliphatic heterocycles. The fourth-order valence-corrected chi connectivity index (χ4v) is 4.98. The molecule has 0 aliphatic carbocycles. The van der Waals surface area contributed by atoms with E-state index in [1.54, 1.807) is 6.07 Å². The highest BCUT2D eigenvalue weighted by Crippen LogP contribution is 2.29. The van der Waals surface area contributed by atoms with Crippen molar-refractivity contribution >= 4 is 56.4 Å². The molecule has 3 rings (SSSR count). The summed E-state index contributed by atoms with van der Waals surface area (Å²) in [5.74, 6) is -0.492.